The highest BCUT2D eigenvalue weighted by atomic mass is 79.9. The van der Waals surface area contributed by atoms with E-state index in [2.05, 4.69) is 22.9 Å². The van der Waals surface area contributed by atoms with Crippen molar-refractivity contribution >= 4 is 33.1 Å². The molecule has 2 N–H and O–H groups in total. The van der Waals surface area contributed by atoms with Crippen molar-refractivity contribution in [2.75, 3.05) is 0 Å². The van der Waals surface area contributed by atoms with Crippen molar-refractivity contribution < 1.29 is 4.74 Å². The number of ether oxygens (including phenoxy) is 1. The summed E-state index contributed by atoms with van der Waals surface area (Å²) in [5, 5.41) is 0. The van der Waals surface area contributed by atoms with Crippen molar-refractivity contribution in [3.8, 4) is 5.75 Å². The fourth-order valence-electron chi connectivity index (χ4n) is 1.15. The fourth-order valence-corrected chi connectivity index (χ4v) is 1.67. The number of hydrogen-bond donors (Lipinski definition) is 1. The van der Waals surface area contributed by atoms with E-state index in [9.17, 15) is 0 Å². The SMILES string of the molecule is CCC(C)(C)Oc1ccc(Br)cc1C(N)=S. The van der Waals surface area contributed by atoms with Crippen LogP contribution in [0.25, 0.3) is 0 Å². The molecule has 0 unspecified atom stereocenters. The summed E-state index contributed by atoms with van der Waals surface area (Å²) in [6.45, 7) is 6.16. The van der Waals surface area contributed by atoms with Gasteiger partial charge in [-0.05, 0) is 38.5 Å². The second-order valence-electron chi connectivity index (χ2n) is 4.22. The lowest BCUT2D eigenvalue weighted by Crippen LogP contribution is -2.28. The van der Waals surface area contributed by atoms with E-state index in [1.54, 1.807) is 0 Å². The van der Waals surface area contributed by atoms with Gasteiger partial charge in [-0.3, -0.25) is 0 Å². The minimum atomic E-state index is -0.215. The van der Waals surface area contributed by atoms with Crippen LogP contribution >= 0.6 is 28.1 Å². The van der Waals surface area contributed by atoms with Crippen molar-refractivity contribution in [1.29, 1.82) is 0 Å². The lowest BCUT2D eigenvalue weighted by molar-refractivity contribution is 0.105. The quantitative estimate of drug-likeness (QED) is 0.862. The maximum atomic E-state index is 5.91. The molecule has 0 bridgehead atoms. The summed E-state index contributed by atoms with van der Waals surface area (Å²) in [5.74, 6) is 0.738. The van der Waals surface area contributed by atoms with E-state index in [0.29, 0.717) is 4.99 Å². The van der Waals surface area contributed by atoms with Crippen molar-refractivity contribution in [3.63, 3.8) is 0 Å². The molecular formula is C12H16BrNOS. The van der Waals surface area contributed by atoms with Gasteiger partial charge in [0.25, 0.3) is 0 Å². The first kappa shape index (κ1) is 13.5. The third-order valence-electron chi connectivity index (χ3n) is 2.44. The topological polar surface area (TPSA) is 35.2 Å². The highest BCUT2D eigenvalue weighted by Crippen LogP contribution is 2.27. The molecule has 0 saturated carbocycles. The molecule has 4 heteroatoms. The first-order valence-electron chi connectivity index (χ1n) is 5.14. The maximum absolute atomic E-state index is 5.91. The van der Waals surface area contributed by atoms with Gasteiger partial charge in [0.15, 0.2) is 0 Å². The average Bonchev–Trinajstić information content (AvgIpc) is 2.20. The first-order chi connectivity index (χ1) is 7.35. The van der Waals surface area contributed by atoms with Crippen LogP contribution in [0, 0.1) is 0 Å². The Kier molecular flexibility index (Phi) is 4.33. The minimum absolute atomic E-state index is 0.215. The van der Waals surface area contributed by atoms with Gasteiger partial charge >= 0.3 is 0 Å². The number of hydrogen-bond acceptors (Lipinski definition) is 2. The fraction of sp³-hybridized carbons (Fsp3) is 0.417. The Labute approximate surface area is 110 Å². The Morgan fingerprint density at radius 3 is 2.62 bits per heavy atom. The van der Waals surface area contributed by atoms with Crippen LogP contribution in [0.3, 0.4) is 0 Å². The molecular weight excluding hydrogens is 286 g/mol. The van der Waals surface area contributed by atoms with Crippen LogP contribution in [-0.4, -0.2) is 10.6 Å². The van der Waals surface area contributed by atoms with E-state index in [-0.39, 0.29) is 5.60 Å². The monoisotopic (exact) mass is 301 g/mol. The number of halogens is 1. The second-order valence-corrected chi connectivity index (χ2v) is 5.58. The third-order valence-corrected chi connectivity index (χ3v) is 3.16. The van der Waals surface area contributed by atoms with Crippen molar-refractivity contribution in [3.05, 3.63) is 28.2 Å². The molecule has 0 heterocycles. The molecule has 0 aliphatic carbocycles. The van der Waals surface area contributed by atoms with Gasteiger partial charge in [-0.15, -0.1) is 0 Å². The van der Waals surface area contributed by atoms with Crippen LogP contribution < -0.4 is 10.5 Å². The van der Waals surface area contributed by atoms with Crippen molar-refractivity contribution in [2.45, 2.75) is 32.8 Å². The normalized spacial score (nSPS) is 11.2. The molecule has 2 nitrogen and oxygen atoms in total. The van der Waals surface area contributed by atoms with Gasteiger partial charge in [0.1, 0.15) is 16.3 Å². The highest BCUT2D eigenvalue weighted by molar-refractivity contribution is 9.10. The van der Waals surface area contributed by atoms with E-state index in [1.807, 2.05) is 32.0 Å². The largest absolute Gasteiger partial charge is 0.487 e. The number of rotatable bonds is 4. The van der Waals surface area contributed by atoms with E-state index in [0.717, 1.165) is 22.2 Å². The molecule has 0 aliphatic rings. The third kappa shape index (κ3) is 3.46. The van der Waals surface area contributed by atoms with Crippen LogP contribution in [0.1, 0.15) is 32.8 Å². The van der Waals surface area contributed by atoms with Crippen LogP contribution in [0.2, 0.25) is 0 Å². The second kappa shape index (κ2) is 5.15. The highest BCUT2D eigenvalue weighted by Gasteiger charge is 2.19. The van der Waals surface area contributed by atoms with Gasteiger partial charge in [-0.2, -0.15) is 0 Å². The predicted molar refractivity (Wildman–Crippen MR) is 75.0 cm³/mol. The summed E-state index contributed by atoms with van der Waals surface area (Å²) in [4.78, 5) is 0.350. The molecule has 16 heavy (non-hydrogen) atoms. The Morgan fingerprint density at radius 2 is 2.12 bits per heavy atom. The summed E-state index contributed by atoms with van der Waals surface area (Å²) < 4.78 is 6.85. The summed E-state index contributed by atoms with van der Waals surface area (Å²) >= 11 is 8.40. The number of benzene rings is 1. The smallest absolute Gasteiger partial charge is 0.130 e. The van der Waals surface area contributed by atoms with E-state index >= 15 is 0 Å². The minimum Gasteiger partial charge on any atom is -0.487 e. The molecule has 0 spiro atoms. The molecule has 0 aliphatic heterocycles. The van der Waals surface area contributed by atoms with Crippen LogP contribution in [0.15, 0.2) is 22.7 Å². The summed E-state index contributed by atoms with van der Waals surface area (Å²) in [5.41, 5.74) is 6.23. The Morgan fingerprint density at radius 1 is 1.50 bits per heavy atom. The molecule has 0 aromatic heterocycles. The summed E-state index contributed by atoms with van der Waals surface area (Å²) in [7, 11) is 0. The van der Waals surface area contributed by atoms with Crippen LogP contribution in [-0.2, 0) is 0 Å². The molecule has 88 valence electrons. The number of nitrogens with two attached hydrogens (primary N) is 1. The Hall–Kier alpha value is -0.610. The number of thiocarbonyl (C=S) groups is 1. The van der Waals surface area contributed by atoms with Crippen molar-refractivity contribution in [1.82, 2.24) is 0 Å². The maximum Gasteiger partial charge on any atom is 0.130 e. The van der Waals surface area contributed by atoms with Gasteiger partial charge in [-0.25, -0.2) is 0 Å². The lowest BCUT2D eigenvalue weighted by Gasteiger charge is -2.26. The molecule has 1 aromatic carbocycles. The van der Waals surface area contributed by atoms with Gasteiger partial charge in [0, 0.05) is 4.47 Å². The molecule has 1 aromatic rings. The zero-order chi connectivity index (χ0) is 12.3. The predicted octanol–water partition coefficient (Wildman–Crippen LogP) is 3.65. The molecule has 0 amide bonds. The van der Waals surface area contributed by atoms with Crippen LogP contribution in [0.4, 0.5) is 0 Å². The van der Waals surface area contributed by atoms with E-state index in [1.165, 1.54) is 0 Å². The lowest BCUT2D eigenvalue weighted by atomic mass is 10.1. The molecule has 0 atom stereocenters. The summed E-state index contributed by atoms with van der Waals surface area (Å²) in [6.07, 6.45) is 0.917. The van der Waals surface area contributed by atoms with E-state index in [4.69, 9.17) is 22.7 Å². The van der Waals surface area contributed by atoms with Crippen molar-refractivity contribution in [2.24, 2.45) is 5.73 Å². The summed E-state index contributed by atoms with van der Waals surface area (Å²) in [6, 6.07) is 5.68. The van der Waals surface area contributed by atoms with Gasteiger partial charge in [0.2, 0.25) is 0 Å². The zero-order valence-electron chi connectivity index (χ0n) is 9.71. The Balaban J connectivity index is 3.09. The van der Waals surface area contributed by atoms with E-state index < -0.39 is 0 Å². The average molecular weight is 302 g/mol. The van der Waals surface area contributed by atoms with Crippen LogP contribution in [0.5, 0.6) is 5.75 Å². The van der Waals surface area contributed by atoms with Gasteiger partial charge in [-0.1, -0.05) is 35.1 Å². The molecule has 0 radical (unpaired) electrons. The molecule has 1 rings (SSSR count). The van der Waals surface area contributed by atoms with Gasteiger partial charge < -0.3 is 10.5 Å². The molecule has 0 saturated heterocycles. The zero-order valence-corrected chi connectivity index (χ0v) is 12.1. The molecule has 0 fully saturated rings. The Bertz CT molecular complexity index is 404. The first-order valence-corrected chi connectivity index (χ1v) is 6.34. The standard InChI is InChI=1S/C12H16BrNOS/c1-4-12(2,3)15-10-6-5-8(13)7-9(10)11(14)16/h5-7H,4H2,1-3H3,(H2,14,16). The van der Waals surface area contributed by atoms with Gasteiger partial charge in [0.05, 0.1) is 5.56 Å².